The average molecular weight is 233 g/mol. The molecule has 2 N–H and O–H groups in total. The minimum absolute atomic E-state index is 0.648. The van der Waals surface area contributed by atoms with Crippen LogP contribution in [-0.2, 0) is 6.54 Å². The number of benzene rings is 1. The molecule has 0 amide bonds. The lowest BCUT2D eigenvalue weighted by Gasteiger charge is -2.17. The van der Waals surface area contributed by atoms with Gasteiger partial charge < -0.3 is 5.73 Å². The Morgan fingerprint density at radius 1 is 0.941 bits per heavy atom. The number of hydrogen-bond donors (Lipinski definition) is 1. The lowest BCUT2D eigenvalue weighted by Crippen LogP contribution is -2.01. The van der Waals surface area contributed by atoms with Crippen molar-refractivity contribution in [3.8, 4) is 0 Å². The number of unbranched alkanes of at least 4 members (excludes halogenated alkanes) is 2. The second kappa shape index (κ2) is 8.30. The molecule has 96 valence electrons. The molecule has 0 aliphatic rings. The van der Waals surface area contributed by atoms with Gasteiger partial charge in [-0.05, 0) is 29.9 Å². The van der Waals surface area contributed by atoms with E-state index < -0.39 is 0 Å². The SMILES string of the molecule is CCCCC(CCCC)c1ccc(CN)cc1. The van der Waals surface area contributed by atoms with Crippen molar-refractivity contribution < 1.29 is 0 Å². The molecule has 0 unspecified atom stereocenters. The van der Waals surface area contributed by atoms with Gasteiger partial charge in [0.2, 0.25) is 0 Å². The summed E-state index contributed by atoms with van der Waals surface area (Å²) in [5.41, 5.74) is 8.37. The highest BCUT2D eigenvalue weighted by Gasteiger charge is 2.10. The van der Waals surface area contributed by atoms with Crippen LogP contribution in [0.1, 0.15) is 69.4 Å². The maximum Gasteiger partial charge on any atom is 0.0178 e. The van der Waals surface area contributed by atoms with Crippen molar-refractivity contribution in [2.24, 2.45) is 5.73 Å². The van der Waals surface area contributed by atoms with Gasteiger partial charge in [-0.25, -0.2) is 0 Å². The van der Waals surface area contributed by atoms with Gasteiger partial charge in [-0.1, -0.05) is 63.8 Å². The van der Waals surface area contributed by atoms with E-state index in [-0.39, 0.29) is 0 Å². The minimum atomic E-state index is 0.648. The second-order valence-corrected chi connectivity index (χ2v) is 4.93. The van der Waals surface area contributed by atoms with Crippen LogP contribution in [0, 0.1) is 0 Å². The Kier molecular flexibility index (Phi) is 6.95. The third-order valence-corrected chi connectivity index (χ3v) is 3.50. The van der Waals surface area contributed by atoms with Gasteiger partial charge in [0.25, 0.3) is 0 Å². The average Bonchev–Trinajstić information content (AvgIpc) is 2.39. The highest BCUT2D eigenvalue weighted by atomic mass is 14.5. The van der Waals surface area contributed by atoms with Gasteiger partial charge in [0, 0.05) is 6.54 Å². The van der Waals surface area contributed by atoms with E-state index >= 15 is 0 Å². The van der Waals surface area contributed by atoms with Crippen molar-refractivity contribution in [2.45, 2.75) is 64.8 Å². The maximum atomic E-state index is 5.64. The molecule has 17 heavy (non-hydrogen) atoms. The fourth-order valence-corrected chi connectivity index (χ4v) is 2.30. The lowest BCUT2D eigenvalue weighted by molar-refractivity contribution is 0.525. The van der Waals surface area contributed by atoms with Gasteiger partial charge in [0.05, 0.1) is 0 Å². The molecule has 0 saturated heterocycles. The highest BCUT2D eigenvalue weighted by molar-refractivity contribution is 5.25. The molecular weight excluding hydrogens is 206 g/mol. The molecule has 1 heteroatoms. The summed E-state index contributed by atoms with van der Waals surface area (Å²) in [6.07, 6.45) is 7.93. The van der Waals surface area contributed by atoms with Crippen molar-refractivity contribution in [3.63, 3.8) is 0 Å². The molecule has 1 aromatic rings. The van der Waals surface area contributed by atoms with E-state index in [0.29, 0.717) is 6.54 Å². The van der Waals surface area contributed by atoms with Crippen LogP contribution in [0.15, 0.2) is 24.3 Å². The Bertz CT molecular complexity index is 281. The molecule has 0 saturated carbocycles. The molecule has 0 atom stereocenters. The van der Waals surface area contributed by atoms with Crippen molar-refractivity contribution in [2.75, 3.05) is 0 Å². The standard InChI is InChI=1S/C16H27N/c1-3-5-7-15(8-6-4-2)16-11-9-14(13-17)10-12-16/h9-12,15H,3-8,13,17H2,1-2H3. The Morgan fingerprint density at radius 2 is 1.47 bits per heavy atom. The lowest BCUT2D eigenvalue weighted by atomic mass is 9.88. The first-order valence-corrected chi connectivity index (χ1v) is 7.10. The largest absolute Gasteiger partial charge is 0.326 e. The summed E-state index contributed by atoms with van der Waals surface area (Å²) >= 11 is 0. The predicted molar refractivity (Wildman–Crippen MR) is 76.1 cm³/mol. The highest BCUT2D eigenvalue weighted by Crippen LogP contribution is 2.27. The smallest absolute Gasteiger partial charge is 0.0178 e. The van der Waals surface area contributed by atoms with E-state index in [9.17, 15) is 0 Å². The fourth-order valence-electron chi connectivity index (χ4n) is 2.30. The molecule has 0 aromatic heterocycles. The van der Waals surface area contributed by atoms with Crippen molar-refractivity contribution in [3.05, 3.63) is 35.4 Å². The van der Waals surface area contributed by atoms with Crippen LogP contribution in [0.3, 0.4) is 0 Å². The fraction of sp³-hybridized carbons (Fsp3) is 0.625. The minimum Gasteiger partial charge on any atom is -0.326 e. The van der Waals surface area contributed by atoms with Crippen LogP contribution in [0.5, 0.6) is 0 Å². The molecule has 0 spiro atoms. The van der Waals surface area contributed by atoms with Crippen LogP contribution in [0.4, 0.5) is 0 Å². The molecule has 0 aliphatic carbocycles. The molecule has 0 fully saturated rings. The molecule has 1 rings (SSSR count). The Morgan fingerprint density at radius 3 is 1.88 bits per heavy atom. The van der Waals surface area contributed by atoms with Gasteiger partial charge in [-0.2, -0.15) is 0 Å². The van der Waals surface area contributed by atoms with Crippen molar-refractivity contribution in [1.82, 2.24) is 0 Å². The zero-order valence-corrected chi connectivity index (χ0v) is 11.4. The molecule has 0 aliphatic heterocycles. The third kappa shape index (κ3) is 4.91. The zero-order valence-electron chi connectivity index (χ0n) is 11.4. The van der Waals surface area contributed by atoms with E-state index in [0.717, 1.165) is 5.92 Å². The Labute approximate surface area is 106 Å². The van der Waals surface area contributed by atoms with Crippen molar-refractivity contribution in [1.29, 1.82) is 0 Å². The first-order valence-electron chi connectivity index (χ1n) is 7.10. The van der Waals surface area contributed by atoms with Crippen LogP contribution < -0.4 is 5.73 Å². The zero-order chi connectivity index (χ0) is 12.5. The third-order valence-electron chi connectivity index (χ3n) is 3.50. The molecule has 0 heterocycles. The van der Waals surface area contributed by atoms with Gasteiger partial charge >= 0.3 is 0 Å². The number of hydrogen-bond acceptors (Lipinski definition) is 1. The predicted octanol–water partition coefficient (Wildman–Crippen LogP) is 4.61. The van der Waals surface area contributed by atoms with E-state index in [2.05, 4.69) is 38.1 Å². The first kappa shape index (κ1) is 14.2. The van der Waals surface area contributed by atoms with Gasteiger partial charge in [0.15, 0.2) is 0 Å². The molecule has 0 bridgehead atoms. The summed E-state index contributed by atoms with van der Waals surface area (Å²) in [6, 6.07) is 8.91. The normalized spacial score (nSPS) is 11.1. The van der Waals surface area contributed by atoms with Crippen LogP contribution in [0.25, 0.3) is 0 Å². The molecule has 1 aromatic carbocycles. The van der Waals surface area contributed by atoms with Crippen LogP contribution >= 0.6 is 0 Å². The van der Waals surface area contributed by atoms with Crippen molar-refractivity contribution >= 4 is 0 Å². The quantitative estimate of drug-likeness (QED) is 0.697. The van der Waals surface area contributed by atoms with E-state index in [4.69, 9.17) is 5.73 Å². The summed E-state index contributed by atoms with van der Waals surface area (Å²) in [4.78, 5) is 0. The topological polar surface area (TPSA) is 26.0 Å². The monoisotopic (exact) mass is 233 g/mol. The summed E-state index contributed by atoms with van der Waals surface area (Å²) in [7, 11) is 0. The van der Waals surface area contributed by atoms with Crippen LogP contribution in [-0.4, -0.2) is 0 Å². The summed E-state index contributed by atoms with van der Waals surface area (Å²) in [5.74, 6) is 0.752. The molecule has 0 radical (unpaired) electrons. The Balaban J connectivity index is 2.65. The van der Waals surface area contributed by atoms with E-state index in [1.165, 1.54) is 49.7 Å². The van der Waals surface area contributed by atoms with E-state index in [1.54, 1.807) is 0 Å². The summed E-state index contributed by atoms with van der Waals surface area (Å²) < 4.78 is 0. The van der Waals surface area contributed by atoms with E-state index in [1.807, 2.05) is 0 Å². The number of nitrogens with two attached hydrogens (primary N) is 1. The maximum absolute atomic E-state index is 5.64. The second-order valence-electron chi connectivity index (χ2n) is 4.93. The number of rotatable bonds is 8. The van der Waals surface area contributed by atoms with Gasteiger partial charge in [0.1, 0.15) is 0 Å². The summed E-state index contributed by atoms with van der Waals surface area (Å²) in [6.45, 7) is 5.19. The Hall–Kier alpha value is -0.820. The molecular formula is C16H27N. The first-order chi connectivity index (χ1) is 8.31. The summed E-state index contributed by atoms with van der Waals surface area (Å²) in [5, 5.41) is 0. The molecule has 1 nitrogen and oxygen atoms in total. The van der Waals surface area contributed by atoms with Gasteiger partial charge in [-0.15, -0.1) is 0 Å². The van der Waals surface area contributed by atoms with Crippen LogP contribution in [0.2, 0.25) is 0 Å². The van der Waals surface area contributed by atoms with Gasteiger partial charge in [-0.3, -0.25) is 0 Å².